The first-order valence-electron chi connectivity index (χ1n) is 14.8. The number of esters is 1. The van der Waals surface area contributed by atoms with Crippen molar-refractivity contribution >= 4 is 39.2 Å². The van der Waals surface area contributed by atoms with Gasteiger partial charge in [-0.05, 0) is 42.7 Å². The first-order valence-corrected chi connectivity index (χ1v) is 15.6. The van der Waals surface area contributed by atoms with Gasteiger partial charge in [-0.25, -0.2) is 9.18 Å². The van der Waals surface area contributed by atoms with Crippen LogP contribution in [-0.4, -0.2) is 77.6 Å². The van der Waals surface area contributed by atoms with E-state index in [1.165, 1.54) is 30.6 Å². The molecule has 0 unspecified atom stereocenters. The number of aromatic nitrogens is 2. The number of rotatable bonds is 10. The second-order valence-corrected chi connectivity index (χ2v) is 12.4. The molecule has 1 aliphatic carbocycles. The first-order chi connectivity index (χ1) is 21.3. The number of piperazine rings is 1. The molecule has 12 heteroatoms. The average molecular weight is 619 g/mol. The highest BCUT2D eigenvalue weighted by Gasteiger charge is 2.24. The number of pyridine rings is 2. The van der Waals surface area contributed by atoms with Gasteiger partial charge in [0.25, 0.3) is 0 Å². The van der Waals surface area contributed by atoms with Gasteiger partial charge in [0.1, 0.15) is 5.75 Å². The smallest absolute Gasteiger partial charge is 0.319 e. The number of nitrogens with zero attached hydrogens (tertiary/aromatic N) is 4. The van der Waals surface area contributed by atoms with Crippen molar-refractivity contribution in [3.05, 3.63) is 66.2 Å². The summed E-state index contributed by atoms with van der Waals surface area (Å²) < 4.78 is 26.5. The van der Waals surface area contributed by atoms with Crippen LogP contribution in [0.4, 0.5) is 14.9 Å². The van der Waals surface area contributed by atoms with E-state index in [2.05, 4.69) is 31.5 Å². The number of anilines is 1. The molecule has 1 saturated heterocycles. The van der Waals surface area contributed by atoms with E-state index < -0.39 is 5.82 Å². The van der Waals surface area contributed by atoms with Gasteiger partial charge >= 0.3 is 12.0 Å². The molecule has 2 aliphatic rings. The van der Waals surface area contributed by atoms with Crippen molar-refractivity contribution in [3.8, 4) is 22.1 Å². The fourth-order valence-corrected chi connectivity index (χ4v) is 6.24. The highest BCUT2D eigenvalue weighted by atomic mass is 32.1. The van der Waals surface area contributed by atoms with E-state index in [9.17, 15) is 14.0 Å². The highest BCUT2D eigenvalue weighted by molar-refractivity contribution is 7.22. The Balaban J connectivity index is 1.07. The van der Waals surface area contributed by atoms with Crippen LogP contribution >= 0.6 is 11.3 Å². The Morgan fingerprint density at radius 2 is 1.84 bits per heavy atom. The molecule has 4 aromatic rings. The lowest BCUT2D eigenvalue weighted by Crippen LogP contribution is -2.47. The van der Waals surface area contributed by atoms with E-state index in [1.807, 2.05) is 25.3 Å². The normalized spacial score (nSPS) is 16.4. The van der Waals surface area contributed by atoms with Crippen molar-refractivity contribution in [2.75, 3.05) is 45.2 Å². The number of halogens is 1. The Bertz CT molecular complexity index is 1640. The molecule has 0 radical (unpaired) electrons. The predicted molar refractivity (Wildman–Crippen MR) is 167 cm³/mol. The number of thiophene rings is 1. The Morgan fingerprint density at radius 3 is 2.55 bits per heavy atom. The highest BCUT2D eigenvalue weighted by Crippen LogP contribution is 2.39. The van der Waals surface area contributed by atoms with Crippen LogP contribution in [0.3, 0.4) is 0 Å². The third kappa shape index (κ3) is 7.32. The van der Waals surface area contributed by atoms with E-state index in [1.54, 1.807) is 18.3 Å². The second-order valence-electron chi connectivity index (χ2n) is 11.3. The Labute approximate surface area is 259 Å². The molecule has 10 nitrogen and oxygen atoms in total. The maximum atomic E-state index is 14.9. The molecule has 2 fully saturated rings. The average Bonchev–Trinajstić information content (AvgIpc) is 3.72. The Kier molecular flexibility index (Phi) is 9.01. The number of methoxy groups -OCH3 is 1. The summed E-state index contributed by atoms with van der Waals surface area (Å²) in [6.07, 6.45) is 5.49. The van der Waals surface area contributed by atoms with Crippen molar-refractivity contribution in [2.24, 2.45) is 5.92 Å². The first kappa shape index (κ1) is 29.9. The van der Waals surface area contributed by atoms with E-state index >= 15 is 0 Å². The van der Waals surface area contributed by atoms with Gasteiger partial charge in [0.05, 0.1) is 33.8 Å². The maximum absolute atomic E-state index is 14.9. The molecule has 1 aromatic carbocycles. The molecule has 4 heterocycles. The number of carbonyl (C=O) groups is 2. The number of carbonyl (C=O) groups excluding carboxylic acids is 2. The SMILES string of the molecule is COC(=O)[C@H](C)CN1CCN(Cc2ccc(-c3cc4nccc(Oc5ccc(NC(=O)NC6CC6)cc5F)c4s3)nc2)CC1. The minimum Gasteiger partial charge on any atom is -0.469 e. The topological polar surface area (TPSA) is 109 Å². The molecular formula is C32H35FN6O4S. The molecule has 2 N–H and O–H groups in total. The number of hydrogen-bond acceptors (Lipinski definition) is 9. The summed E-state index contributed by atoms with van der Waals surface area (Å²) in [7, 11) is 1.43. The predicted octanol–water partition coefficient (Wildman–Crippen LogP) is 5.50. The number of amides is 2. The quantitative estimate of drug-likeness (QED) is 0.224. The summed E-state index contributed by atoms with van der Waals surface area (Å²) in [5, 5.41) is 5.47. The molecule has 1 atom stereocenters. The van der Waals surface area contributed by atoms with Gasteiger partial charge in [0, 0.05) is 75.5 Å². The summed E-state index contributed by atoms with van der Waals surface area (Å²) >= 11 is 1.49. The standard InChI is InChI=1S/C32H35FN6O4S/c1-20(31(40)42-2)18-38-11-13-39(14-12-38)19-21-3-7-25(35-17-21)29-16-26-30(44-29)28(9-10-34-26)43-27-8-6-23(15-24(27)33)37-32(41)36-22-4-5-22/h3,6-10,15-17,20,22H,4-5,11-14,18-19H2,1-2H3,(H2,36,37,41)/t20-/m1/s1. The third-order valence-corrected chi connectivity index (χ3v) is 8.94. The maximum Gasteiger partial charge on any atom is 0.319 e. The lowest BCUT2D eigenvalue weighted by molar-refractivity contribution is -0.145. The summed E-state index contributed by atoms with van der Waals surface area (Å²) in [6, 6.07) is 12.0. The Morgan fingerprint density at radius 1 is 1.05 bits per heavy atom. The van der Waals surface area contributed by atoms with Crippen molar-refractivity contribution in [1.29, 1.82) is 0 Å². The van der Waals surface area contributed by atoms with Crippen LogP contribution in [0, 0.1) is 11.7 Å². The van der Waals surface area contributed by atoms with E-state index in [4.69, 9.17) is 14.5 Å². The van der Waals surface area contributed by atoms with E-state index in [0.717, 1.165) is 71.9 Å². The lowest BCUT2D eigenvalue weighted by Gasteiger charge is -2.35. The van der Waals surface area contributed by atoms with Crippen LogP contribution in [0.1, 0.15) is 25.3 Å². The number of ether oxygens (including phenoxy) is 2. The zero-order valence-electron chi connectivity index (χ0n) is 24.7. The molecule has 0 bridgehead atoms. The van der Waals surface area contributed by atoms with Crippen molar-refractivity contribution in [3.63, 3.8) is 0 Å². The molecule has 2 amide bonds. The molecule has 6 rings (SSSR count). The fraction of sp³-hybridized carbons (Fsp3) is 0.375. The lowest BCUT2D eigenvalue weighted by atomic mass is 10.1. The van der Waals surface area contributed by atoms with Gasteiger partial charge in [-0.2, -0.15) is 0 Å². The van der Waals surface area contributed by atoms with Gasteiger partial charge in [0.2, 0.25) is 0 Å². The van der Waals surface area contributed by atoms with Crippen molar-refractivity contribution in [2.45, 2.75) is 32.4 Å². The second kappa shape index (κ2) is 13.2. The number of hydrogen-bond donors (Lipinski definition) is 2. The zero-order valence-corrected chi connectivity index (χ0v) is 25.5. The van der Waals surface area contributed by atoms with Crippen molar-refractivity contribution < 1.29 is 23.5 Å². The van der Waals surface area contributed by atoms with Crippen LogP contribution in [0.5, 0.6) is 11.5 Å². The number of nitrogens with one attached hydrogen (secondary N) is 2. The Hall–Kier alpha value is -4.13. The molecule has 230 valence electrons. The molecule has 0 spiro atoms. The van der Waals surface area contributed by atoms with Crippen LogP contribution in [0.2, 0.25) is 0 Å². The van der Waals surface area contributed by atoms with Gasteiger partial charge in [0.15, 0.2) is 11.6 Å². The van der Waals surface area contributed by atoms with Crippen molar-refractivity contribution in [1.82, 2.24) is 25.1 Å². The van der Waals surface area contributed by atoms with Gasteiger partial charge in [-0.15, -0.1) is 11.3 Å². The summed E-state index contributed by atoms with van der Waals surface area (Å²) in [5.74, 6) is -0.320. The number of benzene rings is 1. The van der Waals surface area contributed by atoms with E-state index in [-0.39, 0.29) is 29.7 Å². The summed E-state index contributed by atoms with van der Waals surface area (Å²) in [4.78, 5) is 38.6. The molecule has 3 aromatic heterocycles. The van der Waals surface area contributed by atoms with Crippen LogP contribution in [0.25, 0.3) is 20.8 Å². The summed E-state index contributed by atoms with van der Waals surface area (Å²) in [5.41, 5.74) is 3.05. The van der Waals surface area contributed by atoms with Gasteiger partial charge < -0.3 is 20.1 Å². The zero-order chi connectivity index (χ0) is 30.6. The molecule has 1 aliphatic heterocycles. The van der Waals surface area contributed by atoms with E-state index in [0.29, 0.717) is 18.0 Å². The fourth-order valence-electron chi connectivity index (χ4n) is 5.20. The minimum absolute atomic E-state index is 0.0573. The number of fused-ring (bicyclic) bond motifs is 1. The van der Waals surface area contributed by atoms with Crippen LogP contribution in [-0.2, 0) is 16.1 Å². The molecule has 1 saturated carbocycles. The largest absolute Gasteiger partial charge is 0.469 e. The van der Waals surface area contributed by atoms with Gasteiger partial charge in [-0.1, -0.05) is 13.0 Å². The third-order valence-electron chi connectivity index (χ3n) is 7.78. The molecule has 44 heavy (non-hydrogen) atoms. The van der Waals surface area contributed by atoms with Crippen LogP contribution in [0.15, 0.2) is 54.9 Å². The van der Waals surface area contributed by atoms with Gasteiger partial charge in [-0.3, -0.25) is 24.6 Å². The van der Waals surface area contributed by atoms with Crippen LogP contribution < -0.4 is 15.4 Å². The monoisotopic (exact) mass is 618 g/mol. The summed E-state index contributed by atoms with van der Waals surface area (Å²) in [6.45, 7) is 7.11. The molecular weight excluding hydrogens is 583 g/mol. The minimum atomic E-state index is -0.578. The number of urea groups is 1.